The van der Waals surface area contributed by atoms with Gasteiger partial charge in [0, 0.05) is 18.2 Å². The topological polar surface area (TPSA) is 75.4 Å². The molecule has 0 aliphatic heterocycles. The number of hydrogen-bond donors (Lipinski definition) is 2. The first-order valence-corrected chi connectivity index (χ1v) is 5.86. The van der Waals surface area contributed by atoms with Gasteiger partial charge in [0.15, 0.2) is 0 Å². The minimum atomic E-state index is -1.24. The van der Waals surface area contributed by atoms with Crippen molar-refractivity contribution in [1.29, 1.82) is 0 Å². The van der Waals surface area contributed by atoms with Crippen LogP contribution in [-0.4, -0.2) is 22.7 Å². The summed E-state index contributed by atoms with van der Waals surface area (Å²) >= 11 is 0. The summed E-state index contributed by atoms with van der Waals surface area (Å²) in [5, 5.41) is 22.6. The lowest BCUT2D eigenvalue weighted by Gasteiger charge is -2.19. The van der Waals surface area contributed by atoms with Gasteiger partial charge < -0.3 is 10.4 Å². The number of nitrogens with one attached hydrogen (secondary N) is 1. The maximum Gasteiger partial charge on any atom is 0.327 e. The molecular weight excluding hydrogens is 258 g/mol. The Labute approximate surface area is 109 Å². The quantitative estimate of drug-likeness (QED) is 0.617. The van der Waals surface area contributed by atoms with Crippen molar-refractivity contribution < 1.29 is 18.8 Å². The van der Waals surface area contributed by atoms with Crippen LogP contribution in [0, 0.1) is 27.7 Å². The number of halogens is 2. The van der Waals surface area contributed by atoms with Crippen molar-refractivity contribution >= 4 is 11.4 Å². The van der Waals surface area contributed by atoms with Crippen LogP contribution in [0.25, 0.3) is 0 Å². The minimum Gasteiger partial charge on any atom is -0.394 e. The van der Waals surface area contributed by atoms with Crippen LogP contribution in [0.5, 0.6) is 0 Å². The van der Waals surface area contributed by atoms with Crippen molar-refractivity contribution in [2.24, 2.45) is 5.92 Å². The summed E-state index contributed by atoms with van der Waals surface area (Å²) in [6.07, 6.45) is 0.520. The van der Waals surface area contributed by atoms with E-state index in [0.29, 0.717) is 12.5 Å². The first-order valence-electron chi connectivity index (χ1n) is 5.86. The Balaban J connectivity index is 3.07. The lowest BCUT2D eigenvalue weighted by Crippen LogP contribution is -2.26. The van der Waals surface area contributed by atoms with Crippen LogP contribution in [0.2, 0.25) is 0 Å². The number of benzene rings is 1. The molecule has 1 aromatic rings. The van der Waals surface area contributed by atoms with E-state index in [1.165, 1.54) is 0 Å². The van der Waals surface area contributed by atoms with Crippen molar-refractivity contribution in [1.82, 2.24) is 0 Å². The third-order valence-electron chi connectivity index (χ3n) is 2.55. The molecule has 0 amide bonds. The van der Waals surface area contributed by atoms with E-state index in [1.54, 1.807) is 0 Å². The van der Waals surface area contributed by atoms with Gasteiger partial charge in [-0.2, -0.15) is 4.39 Å². The summed E-state index contributed by atoms with van der Waals surface area (Å²) in [5.41, 5.74) is -1.08. The van der Waals surface area contributed by atoms with Gasteiger partial charge in [-0.1, -0.05) is 13.8 Å². The van der Waals surface area contributed by atoms with Crippen LogP contribution < -0.4 is 5.32 Å². The molecule has 1 aromatic carbocycles. The lowest BCUT2D eigenvalue weighted by atomic mass is 10.0. The largest absolute Gasteiger partial charge is 0.394 e. The molecule has 0 aliphatic rings. The highest BCUT2D eigenvalue weighted by Crippen LogP contribution is 2.29. The van der Waals surface area contributed by atoms with E-state index < -0.39 is 28.3 Å². The van der Waals surface area contributed by atoms with E-state index in [0.717, 1.165) is 6.07 Å². The highest BCUT2D eigenvalue weighted by atomic mass is 19.1. The molecule has 19 heavy (non-hydrogen) atoms. The van der Waals surface area contributed by atoms with E-state index in [9.17, 15) is 24.0 Å². The second-order valence-corrected chi connectivity index (χ2v) is 4.69. The van der Waals surface area contributed by atoms with Gasteiger partial charge in [0.05, 0.1) is 11.5 Å². The minimum absolute atomic E-state index is 0.224. The van der Waals surface area contributed by atoms with Crippen molar-refractivity contribution in [3.8, 4) is 0 Å². The normalized spacial score (nSPS) is 12.5. The first-order chi connectivity index (χ1) is 8.85. The van der Waals surface area contributed by atoms with Crippen molar-refractivity contribution in [3.63, 3.8) is 0 Å². The summed E-state index contributed by atoms with van der Waals surface area (Å²) < 4.78 is 26.5. The Kier molecular flexibility index (Phi) is 5.17. The number of aliphatic hydroxyl groups excluding tert-OH is 1. The zero-order valence-corrected chi connectivity index (χ0v) is 10.7. The van der Waals surface area contributed by atoms with E-state index in [1.807, 2.05) is 13.8 Å². The molecule has 0 aromatic heterocycles. The number of nitro benzene ring substituents is 1. The SMILES string of the molecule is CC(C)CC(CO)Nc1cc(F)cc(F)c1[N+](=O)[O-]. The molecule has 1 unspecified atom stereocenters. The standard InChI is InChI=1S/C12H16F2N2O3/c1-7(2)3-9(6-17)15-11-5-8(13)4-10(14)12(11)16(18)19/h4-5,7,9,15,17H,3,6H2,1-2H3. The smallest absolute Gasteiger partial charge is 0.327 e. The van der Waals surface area contributed by atoms with Crippen LogP contribution in [0.1, 0.15) is 20.3 Å². The summed E-state index contributed by atoms with van der Waals surface area (Å²) in [4.78, 5) is 9.87. The molecule has 0 radical (unpaired) electrons. The maximum absolute atomic E-state index is 13.4. The summed E-state index contributed by atoms with van der Waals surface area (Å²) in [5.74, 6) is -1.93. The van der Waals surface area contributed by atoms with Crippen molar-refractivity contribution in [2.75, 3.05) is 11.9 Å². The van der Waals surface area contributed by atoms with Crippen LogP contribution in [0.4, 0.5) is 20.2 Å². The van der Waals surface area contributed by atoms with Gasteiger partial charge >= 0.3 is 5.69 Å². The van der Waals surface area contributed by atoms with Crippen LogP contribution in [-0.2, 0) is 0 Å². The van der Waals surface area contributed by atoms with Crippen molar-refractivity contribution in [3.05, 3.63) is 33.9 Å². The fourth-order valence-electron chi connectivity index (χ4n) is 1.83. The first kappa shape index (κ1) is 15.3. The molecule has 0 heterocycles. The highest BCUT2D eigenvalue weighted by Gasteiger charge is 2.24. The third-order valence-corrected chi connectivity index (χ3v) is 2.55. The van der Waals surface area contributed by atoms with E-state index in [4.69, 9.17) is 0 Å². The Morgan fingerprint density at radius 1 is 1.42 bits per heavy atom. The van der Waals surface area contributed by atoms with Gasteiger partial charge in [-0.15, -0.1) is 0 Å². The zero-order chi connectivity index (χ0) is 14.6. The molecule has 0 bridgehead atoms. The Morgan fingerprint density at radius 2 is 2.05 bits per heavy atom. The number of hydrogen-bond acceptors (Lipinski definition) is 4. The van der Waals surface area contributed by atoms with E-state index >= 15 is 0 Å². The molecule has 0 aliphatic carbocycles. The Bertz CT molecular complexity index is 467. The molecule has 0 saturated carbocycles. The molecule has 1 atom stereocenters. The molecular formula is C12H16F2N2O3. The third kappa shape index (κ3) is 4.13. The molecule has 2 N–H and O–H groups in total. The second kappa shape index (κ2) is 6.42. The van der Waals surface area contributed by atoms with Crippen LogP contribution in [0.3, 0.4) is 0 Å². The monoisotopic (exact) mass is 274 g/mol. The van der Waals surface area contributed by atoms with Gasteiger partial charge in [-0.3, -0.25) is 10.1 Å². The average Bonchev–Trinajstić information content (AvgIpc) is 2.25. The lowest BCUT2D eigenvalue weighted by molar-refractivity contribution is -0.386. The number of aliphatic hydroxyl groups is 1. The fourth-order valence-corrected chi connectivity index (χ4v) is 1.83. The number of nitrogens with zero attached hydrogens (tertiary/aromatic N) is 1. The van der Waals surface area contributed by atoms with Crippen LogP contribution >= 0.6 is 0 Å². The maximum atomic E-state index is 13.4. The van der Waals surface area contributed by atoms with Gasteiger partial charge in [0.25, 0.3) is 0 Å². The number of nitro groups is 1. The molecule has 0 saturated heterocycles. The zero-order valence-electron chi connectivity index (χ0n) is 10.7. The number of anilines is 1. The van der Waals surface area contributed by atoms with E-state index in [-0.39, 0.29) is 18.2 Å². The van der Waals surface area contributed by atoms with Gasteiger partial charge in [0.1, 0.15) is 11.5 Å². The van der Waals surface area contributed by atoms with Gasteiger partial charge in [0.2, 0.25) is 5.82 Å². The fraction of sp³-hybridized carbons (Fsp3) is 0.500. The van der Waals surface area contributed by atoms with Crippen molar-refractivity contribution in [2.45, 2.75) is 26.3 Å². The molecule has 0 fully saturated rings. The van der Waals surface area contributed by atoms with Gasteiger partial charge in [-0.05, 0) is 12.3 Å². The van der Waals surface area contributed by atoms with Crippen LogP contribution in [0.15, 0.2) is 12.1 Å². The number of rotatable bonds is 6. The van der Waals surface area contributed by atoms with E-state index in [2.05, 4.69) is 5.32 Å². The molecule has 5 nitrogen and oxygen atoms in total. The second-order valence-electron chi connectivity index (χ2n) is 4.69. The Morgan fingerprint density at radius 3 is 2.53 bits per heavy atom. The summed E-state index contributed by atoms with van der Waals surface area (Å²) in [7, 11) is 0. The molecule has 0 spiro atoms. The molecule has 1 rings (SSSR count). The summed E-state index contributed by atoms with van der Waals surface area (Å²) in [6, 6.07) is 0.809. The molecule has 7 heteroatoms. The van der Waals surface area contributed by atoms with Gasteiger partial charge in [-0.25, -0.2) is 4.39 Å². The summed E-state index contributed by atoms with van der Waals surface area (Å²) in [6.45, 7) is 3.53. The predicted molar refractivity (Wildman–Crippen MR) is 67.0 cm³/mol. The average molecular weight is 274 g/mol. The highest BCUT2D eigenvalue weighted by molar-refractivity contribution is 5.62. The molecule has 106 valence electrons. The predicted octanol–water partition coefficient (Wildman–Crippen LogP) is 2.69. The Hall–Kier alpha value is -1.76.